The lowest BCUT2D eigenvalue weighted by atomic mass is 9.97. The third kappa shape index (κ3) is 6.08. The highest BCUT2D eigenvalue weighted by Gasteiger charge is 2.24. The van der Waals surface area contributed by atoms with Crippen molar-refractivity contribution < 1.29 is 9.59 Å². The highest BCUT2D eigenvalue weighted by Crippen LogP contribution is 2.26. The topological polar surface area (TPSA) is 61.4 Å². The largest absolute Gasteiger partial charge is 0.349 e. The highest BCUT2D eigenvalue weighted by atomic mass is 16.2. The summed E-state index contributed by atoms with van der Waals surface area (Å²) < 4.78 is 0. The zero-order valence-corrected chi connectivity index (χ0v) is 19.5. The minimum Gasteiger partial charge on any atom is -0.349 e. The molecule has 0 spiro atoms. The molecule has 4 rings (SSSR count). The molecule has 1 saturated carbocycles. The van der Waals surface area contributed by atoms with Gasteiger partial charge in [0, 0.05) is 30.3 Å². The van der Waals surface area contributed by atoms with Crippen LogP contribution in [-0.4, -0.2) is 36.9 Å². The van der Waals surface area contributed by atoms with E-state index >= 15 is 0 Å². The van der Waals surface area contributed by atoms with E-state index in [1.165, 1.54) is 5.56 Å². The van der Waals surface area contributed by atoms with Crippen molar-refractivity contribution in [1.29, 1.82) is 0 Å². The summed E-state index contributed by atoms with van der Waals surface area (Å²) in [5, 5.41) is 6.03. The molecule has 3 aromatic rings. The summed E-state index contributed by atoms with van der Waals surface area (Å²) in [6.07, 6.45) is 2.13. The van der Waals surface area contributed by atoms with Crippen LogP contribution in [0.4, 0.5) is 0 Å². The van der Waals surface area contributed by atoms with Crippen LogP contribution in [0.3, 0.4) is 0 Å². The Morgan fingerprint density at radius 2 is 1.48 bits per heavy atom. The van der Waals surface area contributed by atoms with E-state index in [1.54, 1.807) is 0 Å². The lowest BCUT2D eigenvalue weighted by Gasteiger charge is -2.11. The van der Waals surface area contributed by atoms with Gasteiger partial charge in [0.1, 0.15) is 0 Å². The van der Waals surface area contributed by atoms with Crippen LogP contribution < -0.4 is 10.6 Å². The molecule has 2 amide bonds. The van der Waals surface area contributed by atoms with Gasteiger partial charge in [-0.15, -0.1) is 0 Å². The maximum absolute atomic E-state index is 12.6. The van der Waals surface area contributed by atoms with Crippen LogP contribution in [0.25, 0.3) is 11.1 Å². The van der Waals surface area contributed by atoms with E-state index < -0.39 is 0 Å². The van der Waals surface area contributed by atoms with Crippen molar-refractivity contribution in [2.45, 2.75) is 38.9 Å². The van der Waals surface area contributed by atoms with Crippen molar-refractivity contribution >= 4 is 11.8 Å². The molecule has 5 heteroatoms. The Morgan fingerprint density at radius 3 is 2.12 bits per heavy atom. The van der Waals surface area contributed by atoms with E-state index in [-0.39, 0.29) is 11.8 Å². The zero-order valence-electron chi connectivity index (χ0n) is 19.5. The van der Waals surface area contributed by atoms with E-state index in [4.69, 9.17) is 0 Å². The number of nitrogens with zero attached hydrogens (tertiary/aromatic N) is 1. The molecule has 5 nitrogen and oxygen atoms in total. The average molecular weight is 442 g/mol. The third-order valence-corrected chi connectivity index (χ3v) is 5.85. The first kappa shape index (κ1) is 22.7. The summed E-state index contributed by atoms with van der Waals surface area (Å²) >= 11 is 0. The predicted octanol–water partition coefficient (Wildman–Crippen LogP) is 4.55. The quantitative estimate of drug-likeness (QED) is 0.539. The molecular weight excluding hydrogens is 410 g/mol. The summed E-state index contributed by atoms with van der Waals surface area (Å²) in [6.45, 7) is 3.41. The summed E-state index contributed by atoms with van der Waals surface area (Å²) in [5.41, 5.74) is 6.68. The first-order chi connectivity index (χ1) is 15.9. The molecule has 33 heavy (non-hydrogen) atoms. The summed E-state index contributed by atoms with van der Waals surface area (Å²) in [4.78, 5) is 27.2. The van der Waals surface area contributed by atoms with E-state index in [0.717, 1.165) is 41.6 Å². The fourth-order valence-corrected chi connectivity index (χ4v) is 3.78. The van der Waals surface area contributed by atoms with E-state index in [0.29, 0.717) is 23.7 Å². The number of hydrogen-bond acceptors (Lipinski definition) is 3. The molecule has 0 aromatic heterocycles. The number of benzene rings is 3. The van der Waals surface area contributed by atoms with Gasteiger partial charge in [-0.05, 0) is 85.9 Å². The van der Waals surface area contributed by atoms with Crippen molar-refractivity contribution in [3.63, 3.8) is 0 Å². The first-order valence-electron chi connectivity index (χ1n) is 11.4. The summed E-state index contributed by atoms with van der Waals surface area (Å²) in [7, 11) is 4.09. The molecular formula is C28H31N3O2. The second-order valence-electron chi connectivity index (χ2n) is 9.09. The monoisotopic (exact) mass is 441 g/mol. The van der Waals surface area contributed by atoms with Crippen LogP contribution in [0.2, 0.25) is 0 Å². The number of nitrogens with one attached hydrogen (secondary N) is 2. The second kappa shape index (κ2) is 10.0. The fourth-order valence-electron chi connectivity index (χ4n) is 3.78. The molecule has 3 aromatic carbocycles. The highest BCUT2D eigenvalue weighted by molar-refractivity contribution is 5.97. The maximum Gasteiger partial charge on any atom is 0.251 e. The minimum absolute atomic E-state index is 0.0236. The van der Waals surface area contributed by atoms with E-state index in [2.05, 4.69) is 39.8 Å². The number of amides is 2. The van der Waals surface area contributed by atoms with E-state index in [9.17, 15) is 9.59 Å². The molecule has 0 radical (unpaired) electrons. The molecule has 0 heterocycles. The standard InChI is InChI=1S/C28H31N3O2/c1-19-4-9-24(28(33)30-25-14-15-25)16-26(19)22-10-12-23(13-11-22)27(32)29-17-20-5-7-21(8-6-20)18-31(2)3/h4-13,16,25H,14-15,17-18H2,1-3H3,(H,29,32)(H,30,33). The van der Waals surface area contributed by atoms with Gasteiger partial charge < -0.3 is 15.5 Å². The Balaban J connectivity index is 1.39. The Kier molecular flexibility index (Phi) is 6.90. The Bertz CT molecular complexity index is 1130. The molecule has 0 bridgehead atoms. The lowest BCUT2D eigenvalue weighted by Crippen LogP contribution is -2.25. The van der Waals surface area contributed by atoms with Crippen molar-refractivity contribution in [3.05, 3.63) is 94.5 Å². The number of rotatable bonds is 8. The smallest absolute Gasteiger partial charge is 0.251 e. The number of aryl methyl sites for hydroxylation is 1. The number of carbonyl (C=O) groups is 2. The fraction of sp³-hybridized carbons (Fsp3) is 0.286. The van der Waals surface area contributed by atoms with Gasteiger partial charge >= 0.3 is 0 Å². The molecule has 2 N–H and O–H groups in total. The van der Waals surface area contributed by atoms with Crippen LogP contribution >= 0.6 is 0 Å². The van der Waals surface area contributed by atoms with Crippen LogP contribution in [0, 0.1) is 6.92 Å². The van der Waals surface area contributed by atoms with Gasteiger partial charge in [-0.2, -0.15) is 0 Å². The van der Waals surface area contributed by atoms with Gasteiger partial charge in [-0.3, -0.25) is 9.59 Å². The summed E-state index contributed by atoms with van der Waals surface area (Å²) in [5.74, 6) is -0.127. The van der Waals surface area contributed by atoms with Gasteiger partial charge in [0.25, 0.3) is 11.8 Å². The van der Waals surface area contributed by atoms with Gasteiger partial charge in [0.05, 0.1) is 0 Å². The SMILES string of the molecule is Cc1ccc(C(=O)NC2CC2)cc1-c1ccc(C(=O)NCc2ccc(CN(C)C)cc2)cc1. The lowest BCUT2D eigenvalue weighted by molar-refractivity contribution is 0.0943. The van der Waals surface area contributed by atoms with Crippen LogP contribution in [0.1, 0.15) is 50.2 Å². The average Bonchev–Trinajstić information content (AvgIpc) is 3.62. The van der Waals surface area contributed by atoms with Gasteiger partial charge in [0.2, 0.25) is 0 Å². The van der Waals surface area contributed by atoms with Gasteiger partial charge in [-0.25, -0.2) is 0 Å². The second-order valence-corrected chi connectivity index (χ2v) is 9.09. The van der Waals surface area contributed by atoms with Crippen molar-refractivity contribution in [3.8, 4) is 11.1 Å². The predicted molar refractivity (Wildman–Crippen MR) is 132 cm³/mol. The van der Waals surface area contributed by atoms with Crippen molar-refractivity contribution in [2.75, 3.05) is 14.1 Å². The molecule has 0 unspecified atom stereocenters. The molecule has 0 atom stereocenters. The van der Waals surface area contributed by atoms with Crippen LogP contribution in [0.5, 0.6) is 0 Å². The van der Waals surface area contributed by atoms with Crippen LogP contribution in [-0.2, 0) is 13.1 Å². The number of hydrogen-bond donors (Lipinski definition) is 2. The van der Waals surface area contributed by atoms with Crippen LogP contribution in [0.15, 0.2) is 66.7 Å². The normalized spacial score (nSPS) is 13.1. The van der Waals surface area contributed by atoms with Crippen molar-refractivity contribution in [2.24, 2.45) is 0 Å². The van der Waals surface area contributed by atoms with E-state index in [1.807, 2.05) is 63.5 Å². The molecule has 1 fully saturated rings. The molecule has 0 aliphatic heterocycles. The van der Waals surface area contributed by atoms with Gasteiger partial charge in [-0.1, -0.05) is 42.5 Å². The molecule has 170 valence electrons. The molecule has 1 aliphatic rings. The Labute approximate surface area is 195 Å². The first-order valence-corrected chi connectivity index (χ1v) is 11.4. The third-order valence-electron chi connectivity index (χ3n) is 5.85. The Morgan fingerprint density at radius 1 is 0.848 bits per heavy atom. The molecule has 0 saturated heterocycles. The summed E-state index contributed by atoms with van der Waals surface area (Å²) in [6, 6.07) is 21.9. The van der Waals surface area contributed by atoms with Crippen molar-refractivity contribution in [1.82, 2.24) is 15.5 Å². The van der Waals surface area contributed by atoms with Gasteiger partial charge in [0.15, 0.2) is 0 Å². The molecule has 1 aliphatic carbocycles. The number of carbonyl (C=O) groups excluding carboxylic acids is 2. The minimum atomic E-state index is -0.104. The zero-order chi connectivity index (χ0) is 23.4. The maximum atomic E-state index is 12.6. The Hall–Kier alpha value is -3.44.